The minimum absolute atomic E-state index is 0.669. The summed E-state index contributed by atoms with van der Waals surface area (Å²) >= 11 is 0. The third kappa shape index (κ3) is 2.13. The van der Waals surface area contributed by atoms with Crippen LogP contribution in [0, 0.1) is 11.3 Å². The summed E-state index contributed by atoms with van der Waals surface area (Å²) in [6.07, 6.45) is 6.65. The molecule has 0 amide bonds. The molecule has 1 fully saturated rings. The first-order valence-electron chi connectivity index (χ1n) is 6.45. The molecule has 1 aliphatic heterocycles. The second kappa shape index (κ2) is 3.93. The van der Waals surface area contributed by atoms with E-state index in [1.165, 1.54) is 32.4 Å². The van der Waals surface area contributed by atoms with Gasteiger partial charge in [-0.3, -0.25) is 4.90 Å². The quantitative estimate of drug-likeness (QED) is 0.627. The molecular formula is C14H25N. The van der Waals surface area contributed by atoms with Gasteiger partial charge in [-0.05, 0) is 44.4 Å². The van der Waals surface area contributed by atoms with E-state index in [0.717, 1.165) is 12.0 Å². The number of allylic oxidation sites excluding steroid dienone is 2. The first kappa shape index (κ1) is 11.2. The largest absolute Gasteiger partial charge is 0.300 e. The normalized spacial score (nSPS) is 25.9. The van der Waals surface area contributed by atoms with Crippen LogP contribution in [0.3, 0.4) is 0 Å². The number of likely N-dealkylation sites (tertiary alicyclic amines) is 1. The van der Waals surface area contributed by atoms with Crippen molar-refractivity contribution in [3.8, 4) is 0 Å². The number of rotatable bonds is 2. The van der Waals surface area contributed by atoms with E-state index in [1.54, 1.807) is 5.57 Å². The molecule has 0 unspecified atom stereocenters. The van der Waals surface area contributed by atoms with Crippen LogP contribution in [0.15, 0.2) is 11.6 Å². The van der Waals surface area contributed by atoms with E-state index in [2.05, 4.69) is 38.7 Å². The molecule has 0 radical (unpaired) electrons. The smallest absolute Gasteiger partial charge is 0.00563 e. The lowest BCUT2D eigenvalue weighted by Crippen LogP contribution is -2.58. The molecule has 2 aliphatic rings. The molecule has 0 bridgehead atoms. The monoisotopic (exact) mass is 207 g/mol. The maximum Gasteiger partial charge on any atom is 0.00563 e. The summed E-state index contributed by atoms with van der Waals surface area (Å²) in [5.74, 6) is 0.767. The second-order valence-electron chi connectivity index (χ2n) is 6.14. The average Bonchev–Trinajstić information content (AvgIpc) is 2.13. The predicted molar refractivity (Wildman–Crippen MR) is 65.9 cm³/mol. The van der Waals surface area contributed by atoms with Gasteiger partial charge in [0.05, 0.1) is 0 Å². The fourth-order valence-electron chi connectivity index (χ4n) is 2.95. The van der Waals surface area contributed by atoms with Crippen molar-refractivity contribution in [1.82, 2.24) is 4.90 Å². The third-order valence-electron chi connectivity index (χ3n) is 4.29. The average molecular weight is 207 g/mol. The summed E-state index contributed by atoms with van der Waals surface area (Å²) < 4.78 is 0. The highest BCUT2D eigenvalue weighted by Gasteiger charge is 2.43. The van der Waals surface area contributed by atoms with Gasteiger partial charge in [0.1, 0.15) is 0 Å². The fraction of sp³-hybridized carbons (Fsp3) is 0.857. The molecule has 1 saturated heterocycles. The van der Waals surface area contributed by atoms with Gasteiger partial charge in [0, 0.05) is 19.1 Å². The molecule has 1 aliphatic carbocycles. The summed E-state index contributed by atoms with van der Waals surface area (Å²) in [5, 5.41) is 0. The van der Waals surface area contributed by atoms with Gasteiger partial charge in [-0.2, -0.15) is 0 Å². The van der Waals surface area contributed by atoms with Crippen molar-refractivity contribution in [2.45, 2.75) is 53.0 Å². The molecule has 86 valence electrons. The van der Waals surface area contributed by atoms with Gasteiger partial charge in [-0.1, -0.05) is 25.5 Å². The topological polar surface area (TPSA) is 3.24 Å². The first-order valence-corrected chi connectivity index (χ1v) is 6.45. The van der Waals surface area contributed by atoms with Gasteiger partial charge < -0.3 is 0 Å². The van der Waals surface area contributed by atoms with Crippen LogP contribution in [0.5, 0.6) is 0 Å². The second-order valence-corrected chi connectivity index (χ2v) is 6.14. The van der Waals surface area contributed by atoms with E-state index in [9.17, 15) is 0 Å². The molecule has 0 aromatic heterocycles. The molecule has 1 heterocycles. The minimum Gasteiger partial charge on any atom is -0.300 e. The molecule has 0 atom stereocenters. The molecule has 0 aromatic rings. The van der Waals surface area contributed by atoms with Crippen molar-refractivity contribution in [2.75, 3.05) is 13.1 Å². The van der Waals surface area contributed by atoms with Crippen molar-refractivity contribution < 1.29 is 0 Å². The Morgan fingerprint density at radius 1 is 1.20 bits per heavy atom. The molecule has 0 saturated carbocycles. The Balaban J connectivity index is 1.90. The highest BCUT2D eigenvalue weighted by molar-refractivity contribution is 5.15. The van der Waals surface area contributed by atoms with Crippen molar-refractivity contribution in [1.29, 1.82) is 0 Å². The molecular weight excluding hydrogens is 182 g/mol. The van der Waals surface area contributed by atoms with Crippen LogP contribution >= 0.6 is 0 Å². The van der Waals surface area contributed by atoms with Gasteiger partial charge in [-0.25, -0.2) is 0 Å². The minimum atomic E-state index is 0.669. The molecule has 1 spiro atoms. The van der Waals surface area contributed by atoms with E-state index in [1.807, 2.05) is 0 Å². The highest BCUT2D eigenvalue weighted by Crippen LogP contribution is 2.44. The van der Waals surface area contributed by atoms with E-state index < -0.39 is 0 Å². The van der Waals surface area contributed by atoms with Crippen LogP contribution in [0.1, 0.15) is 47.0 Å². The van der Waals surface area contributed by atoms with E-state index in [0.29, 0.717) is 5.41 Å². The van der Waals surface area contributed by atoms with Gasteiger partial charge in [0.2, 0.25) is 0 Å². The lowest BCUT2D eigenvalue weighted by atomic mass is 9.68. The SMILES string of the molecule is CC(C)C1=CCC2(CC1)CN(C(C)C)C2. The fourth-order valence-corrected chi connectivity index (χ4v) is 2.95. The van der Waals surface area contributed by atoms with Crippen LogP contribution in [0.2, 0.25) is 0 Å². The van der Waals surface area contributed by atoms with Crippen LogP contribution in [-0.4, -0.2) is 24.0 Å². The Bertz CT molecular complexity index is 257. The lowest BCUT2D eigenvalue weighted by molar-refractivity contribution is -0.0292. The maximum absolute atomic E-state index is 2.61. The Morgan fingerprint density at radius 3 is 2.27 bits per heavy atom. The van der Waals surface area contributed by atoms with Crippen molar-refractivity contribution in [3.63, 3.8) is 0 Å². The lowest BCUT2D eigenvalue weighted by Gasteiger charge is -2.54. The first-order chi connectivity index (χ1) is 7.02. The summed E-state index contributed by atoms with van der Waals surface area (Å²) in [6, 6.07) is 0.742. The van der Waals surface area contributed by atoms with Crippen molar-refractivity contribution in [2.24, 2.45) is 11.3 Å². The van der Waals surface area contributed by atoms with Crippen LogP contribution in [-0.2, 0) is 0 Å². The number of hydrogen-bond acceptors (Lipinski definition) is 1. The van der Waals surface area contributed by atoms with E-state index >= 15 is 0 Å². The van der Waals surface area contributed by atoms with Gasteiger partial charge in [0.25, 0.3) is 0 Å². The molecule has 1 nitrogen and oxygen atoms in total. The molecule has 1 heteroatoms. The third-order valence-corrected chi connectivity index (χ3v) is 4.29. The number of nitrogens with zero attached hydrogens (tertiary/aromatic N) is 1. The zero-order valence-corrected chi connectivity index (χ0v) is 10.7. The molecule has 0 N–H and O–H groups in total. The van der Waals surface area contributed by atoms with Crippen molar-refractivity contribution >= 4 is 0 Å². The van der Waals surface area contributed by atoms with Crippen molar-refractivity contribution in [3.05, 3.63) is 11.6 Å². The summed E-state index contributed by atoms with van der Waals surface area (Å²) in [7, 11) is 0. The summed E-state index contributed by atoms with van der Waals surface area (Å²) in [6.45, 7) is 11.9. The Morgan fingerprint density at radius 2 is 1.87 bits per heavy atom. The molecule has 0 aromatic carbocycles. The van der Waals surface area contributed by atoms with Gasteiger partial charge in [-0.15, -0.1) is 0 Å². The molecule has 15 heavy (non-hydrogen) atoms. The summed E-state index contributed by atoms with van der Waals surface area (Å²) in [5.41, 5.74) is 2.37. The maximum atomic E-state index is 2.61. The Kier molecular flexibility index (Phi) is 2.94. The number of hydrogen-bond donors (Lipinski definition) is 0. The standard InChI is InChI=1S/C14H25N/c1-11(2)13-5-7-14(8-6-13)9-15(10-14)12(3)4/h5,11-12H,6-10H2,1-4H3. The van der Waals surface area contributed by atoms with Gasteiger partial charge in [0.15, 0.2) is 0 Å². The Labute approximate surface area is 94.5 Å². The van der Waals surface area contributed by atoms with Gasteiger partial charge >= 0.3 is 0 Å². The predicted octanol–water partition coefficient (Wildman–Crippen LogP) is 3.46. The zero-order chi connectivity index (χ0) is 11.1. The van der Waals surface area contributed by atoms with E-state index in [4.69, 9.17) is 0 Å². The van der Waals surface area contributed by atoms with Crippen LogP contribution in [0.25, 0.3) is 0 Å². The van der Waals surface area contributed by atoms with Crippen LogP contribution < -0.4 is 0 Å². The highest BCUT2D eigenvalue weighted by atomic mass is 15.2. The Hall–Kier alpha value is -0.300. The summed E-state index contributed by atoms with van der Waals surface area (Å²) in [4.78, 5) is 2.61. The zero-order valence-electron chi connectivity index (χ0n) is 10.7. The van der Waals surface area contributed by atoms with E-state index in [-0.39, 0.29) is 0 Å². The van der Waals surface area contributed by atoms with Crippen LogP contribution in [0.4, 0.5) is 0 Å². The molecule has 2 rings (SSSR count).